The van der Waals surface area contributed by atoms with Gasteiger partial charge in [-0.3, -0.25) is 9.78 Å². The summed E-state index contributed by atoms with van der Waals surface area (Å²) < 4.78 is 31.2. The number of nitrogens with one attached hydrogen (secondary N) is 1. The molecule has 194 valence electrons. The van der Waals surface area contributed by atoms with Crippen molar-refractivity contribution >= 4 is 11.8 Å². The summed E-state index contributed by atoms with van der Waals surface area (Å²) in [6.45, 7) is 2.29. The molecule has 0 saturated carbocycles. The molecular formula is C27H29F2N5O3. The Morgan fingerprint density at radius 2 is 1.84 bits per heavy atom. The van der Waals surface area contributed by atoms with Crippen molar-refractivity contribution in [3.05, 3.63) is 71.2 Å². The van der Waals surface area contributed by atoms with Crippen molar-refractivity contribution in [3.63, 3.8) is 0 Å². The predicted octanol–water partition coefficient (Wildman–Crippen LogP) is 3.68. The van der Waals surface area contributed by atoms with Crippen LogP contribution in [0.25, 0.3) is 11.3 Å². The third-order valence-corrected chi connectivity index (χ3v) is 6.83. The second-order valence-corrected chi connectivity index (χ2v) is 9.42. The zero-order chi connectivity index (χ0) is 25.9. The van der Waals surface area contributed by atoms with Gasteiger partial charge in [-0.25, -0.2) is 13.6 Å². The van der Waals surface area contributed by atoms with Crippen LogP contribution in [0.15, 0.2) is 48.8 Å². The van der Waals surface area contributed by atoms with E-state index in [0.717, 1.165) is 24.2 Å². The minimum absolute atomic E-state index is 0.0116. The molecule has 1 saturated heterocycles. The lowest BCUT2D eigenvalue weighted by Gasteiger charge is -2.37. The molecule has 2 aromatic heterocycles. The Balaban J connectivity index is 1.52. The lowest BCUT2D eigenvalue weighted by Crippen LogP contribution is -2.53. The van der Waals surface area contributed by atoms with Crippen molar-refractivity contribution < 1.29 is 23.1 Å². The molecule has 10 heteroatoms. The Labute approximate surface area is 213 Å². The minimum atomic E-state index is -2.63. The normalized spacial score (nSPS) is 16.3. The number of alkyl halides is 2. The number of Topliss-reactive ketones (excluding diaryl/α,β-unsaturated/α-hetero) is 1. The smallest absolute Gasteiger partial charge is 0.320 e. The second kappa shape index (κ2) is 10.7. The van der Waals surface area contributed by atoms with Gasteiger partial charge in [-0.1, -0.05) is 30.3 Å². The van der Waals surface area contributed by atoms with Gasteiger partial charge in [0.15, 0.2) is 5.78 Å². The fourth-order valence-corrected chi connectivity index (χ4v) is 4.94. The van der Waals surface area contributed by atoms with E-state index < -0.39 is 13.0 Å². The molecule has 0 bridgehead atoms. The van der Waals surface area contributed by atoms with Crippen LogP contribution >= 0.6 is 0 Å². The minimum Gasteiger partial charge on any atom is -0.485 e. The molecule has 2 amide bonds. The van der Waals surface area contributed by atoms with Gasteiger partial charge in [0.2, 0.25) is 0 Å². The molecule has 0 radical (unpaired) electrons. The van der Waals surface area contributed by atoms with E-state index in [1.807, 2.05) is 37.4 Å². The lowest BCUT2D eigenvalue weighted by atomic mass is 9.93. The van der Waals surface area contributed by atoms with Crippen molar-refractivity contribution in [3.8, 4) is 17.0 Å². The van der Waals surface area contributed by atoms with E-state index in [1.54, 1.807) is 22.1 Å². The van der Waals surface area contributed by atoms with Crippen molar-refractivity contribution in [2.45, 2.75) is 19.4 Å². The molecule has 2 aliphatic rings. The molecule has 0 unspecified atom stereocenters. The van der Waals surface area contributed by atoms with Crippen LogP contribution in [0.4, 0.5) is 13.6 Å². The monoisotopic (exact) mass is 509 g/mol. The Morgan fingerprint density at radius 3 is 2.57 bits per heavy atom. The van der Waals surface area contributed by atoms with Crippen LogP contribution in [0.3, 0.4) is 0 Å². The van der Waals surface area contributed by atoms with Gasteiger partial charge in [0, 0.05) is 55.6 Å². The highest BCUT2D eigenvalue weighted by molar-refractivity contribution is 6.04. The number of benzene rings is 1. The summed E-state index contributed by atoms with van der Waals surface area (Å²) in [5.74, 6) is 0.0507. The first-order chi connectivity index (χ1) is 17.9. The number of hydrogen-bond donors (Lipinski definition) is 1. The number of amides is 2. The molecule has 1 fully saturated rings. The first kappa shape index (κ1) is 24.9. The fraction of sp³-hybridized carbons (Fsp3) is 0.370. The van der Waals surface area contributed by atoms with Crippen LogP contribution in [0, 0.1) is 0 Å². The number of aromatic nitrogens is 2. The van der Waals surface area contributed by atoms with Crippen LogP contribution in [-0.4, -0.2) is 89.3 Å². The summed E-state index contributed by atoms with van der Waals surface area (Å²) in [5.41, 5.74) is 4.10. The zero-order valence-electron chi connectivity index (χ0n) is 20.6. The van der Waals surface area contributed by atoms with Gasteiger partial charge in [0.05, 0.1) is 25.0 Å². The molecule has 1 aromatic carbocycles. The third kappa shape index (κ3) is 5.34. The number of ketones is 1. The van der Waals surface area contributed by atoms with E-state index in [9.17, 15) is 18.4 Å². The molecule has 37 heavy (non-hydrogen) atoms. The highest BCUT2D eigenvalue weighted by atomic mass is 19.3. The summed E-state index contributed by atoms with van der Waals surface area (Å²) in [4.78, 5) is 39.7. The molecule has 2 aliphatic heterocycles. The lowest BCUT2D eigenvalue weighted by molar-refractivity contribution is 0.0820. The summed E-state index contributed by atoms with van der Waals surface area (Å²) in [6.07, 6.45) is 0.775. The van der Waals surface area contributed by atoms with Crippen LogP contribution in [0.2, 0.25) is 0 Å². The molecular weight excluding hydrogens is 480 g/mol. The predicted molar refractivity (Wildman–Crippen MR) is 134 cm³/mol. The van der Waals surface area contributed by atoms with Crippen molar-refractivity contribution in [1.82, 2.24) is 24.7 Å². The number of rotatable bonds is 6. The first-order valence-electron chi connectivity index (χ1n) is 12.3. The molecule has 0 atom stereocenters. The van der Waals surface area contributed by atoms with E-state index in [4.69, 9.17) is 4.74 Å². The second-order valence-electron chi connectivity index (χ2n) is 9.42. The number of fused-ring (bicyclic) bond motifs is 1. The summed E-state index contributed by atoms with van der Waals surface area (Å²) >= 11 is 0. The van der Waals surface area contributed by atoms with Crippen LogP contribution in [0.5, 0.6) is 5.75 Å². The number of H-pyrrole nitrogens is 1. The molecule has 0 spiro atoms. The number of halogens is 2. The summed E-state index contributed by atoms with van der Waals surface area (Å²) in [5, 5.41) is 0. The average molecular weight is 510 g/mol. The number of likely N-dealkylation sites (N-methyl/N-ethyl adjacent to an activating group) is 1. The Hall–Kier alpha value is -3.79. The van der Waals surface area contributed by atoms with Gasteiger partial charge < -0.3 is 24.4 Å². The zero-order valence-corrected chi connectivity index (χ0v) is 20.6. The number of hydrogen-bond acceptors (Lipinski definition) is 5. The molecule has 8 nitrogen and oxygen atoms in total. The molecule has 0 aliphatic carbocycles. The SMILES string of the molecule is CN1CCN(C(=O)N2CC(=O)c3c([nH]c(-c4ccncc4OCC(F)F)c3Cc3ccccc3)C2)CC1. The van der Waals surface area contributed by atoms with E-state index in [1.165, 1.54) is 6.20 Å². The van der Waals surface area contributed by atoms with E-state index in [0.29, 0.717) is 42.0 Å². The first-order valence-corrected chi connectivity index (χ1v) is 12.3. The number of piperazine rings is 1. The maximum atomic E-state index is 13.5. The van der Waals surface area contributed by atoms with Gasteiger partial charge in [0.1, 0.15) is 12.4 Å². The van der Waals surface area contributed by atoms with Crippen molar-refractivity contribution in [2.75, 3.05) is 46.4 Å². The Morgan fingerprint density at radius 1 is 1.08 bits per heavy atom. The van der Waals surface area contributed by atoms with Gasteiger partial charge in [-0.2, -0.15) is 0 Å². The molecule has 5 rings (SSSR count). The van der Waals surface area contributed by atoms with Crippen LogP contribution in [-0.2, 0) is 13.0 Å². The summed E-state index contributed by atoms with van der Waals surface area (Å²) in [7, 11) is 2.02. The van der Waals surface area contributed by atoms with E-state index in [-0.39, 0.29) is 30.7 Å². The topological polar surface area (TPSA) is 81.8 Å². The number of carbonyl (C=O) groups excluding carboxylic acids is 2. The number of aromatic amines is 1. The maximum Gasteiger partial charge on any atom is 0.320 e. The quantitative estimate of drug-likeness (QED) is 0.548. The Bertz CT molecular complexity index is 1270. The largest absolute Gasteiger partial charge is 0.485 e. The summed E-state index contributed by atoms with van der Waals surface area (Å²) in [6, 6.07) is 11.2. The fourth-order valence-electron chi connectivity index (χ4n) is 4.94. The number of ether oxygens (including phenoxy) is 1. The van der Waals surface area contributed by atoms with Gasteiger partial charge in [-0.05, 0) is 24.2 Å². The van der Waals surface area contributed by atoms with Crippen molar-refractivity contribution in [1.29, 1.82) is 0 Å². The number of carbonyl (C=O) groups is 2. The highest BCUT2D eigenvalue weighted by Gasteiger charge is 2.35. The average Bonchev–Trinajstić information content (AvgIpc) is 3.26. The molecule has 3 aromatic rings. The number of urea groups is 1. The van der Waals surface area contributed by atoms with E-state index in [2.05, 4.69) is 14.9 Å². The van der Waals surface area contributed by atoms with Gasteiger partial charge in [-0.15, -0.1) is 0 Å². The van der Waals surface area contributed by atoms with Crippen LogP contribution < -0.4 is 4.74 Å². The highest BCUT2D eigenvalue weighted by Crippen LogP contribution is 2.37. The molecule has 1 N–H and O–H groups in total. The van der Waals surface area contributed by atoms with Gasteiger partial charge >= 0.3 is 6.03 Å². The van der Waals surface area contributed by atoms with Crippen molar-refractivity contribution in [2.24, 2.45) is 0 Å². The molecule has 4 heterocycles. The van der Waals surface area contributed by atoms with Gasteiger partial charge in [0.25, 0.3) is 6.43 Å². The van der Waals surface area contributed by atoms with E-state index >= 15 is 0 Å². The number of nitrogens with zero attached hydrogens (tertiary/aromatic N) is 4. The Kier molecular flexibility index (Phi) is 7.18. The maximum absolute atomic E-state index is 13.5. The van der Waals surface area contributed by atoms with Crippen LogP contribution in [0.1, 0.15) is 27.2 Å². The third-order valence-electron chi connectivity index (χ3n) is 6.83. The number of pyridine rings is 1. The standard InChI is InChI=1S/C27H29F2N5O3/c1-32-9-11-33(12-10-32)27(36)34-15-21-25(22(35)16-34)20(13-18-5-3-2-4-6-18)26(31-21)19-7-8-30-14-23(19)37-17-24(28)29/h2-8,14,24,31H,9-13,15-17H2,1H3.